The summed E-state index contributed by atoms with van der Waals surface area (Å²) in [6, 6.07) is 62.2. The SMILES string of the molecule is c1cncc(N2c3ccccc3B3c4cc5c6cc7c(cc6n(-c6cccnc6)c5cc4N(c4cccnc4)c4cccc2c43)N(c2cccnc2)c2cccc3c2B7c2sc4ccccc4c2N3c2cccnc2)c1. The summed E-state index contributed by atoms with van der Waals surface area (Å²) in [6.45, 7) is -0.182. The number of thiophene rings is 1. The van der Waals surface area contributed by atoms with Crippen LogP contribution in [0, 0.1) is 0 Å². The van der Waals surface area contributed by atoms with Gasteiger partial charge in [0, 0.05) is 96.4 Å². The van der Waals surface area contributed by atoms with Gasteiger partial charge in [0.2, 0.25) is 0 Å². The van der Waals surface area contributed by atoms with E-state index in [2.05, 4.69) is 174 Å². The zero-order valence-electron chi connectivity index (χ0n) is 40.5. The third-order valence-electron chi connectivity index (χ3n) is 15.9. The van der Waals surface area contributed by atoms with Gasteiger partial charge in [0.05, 0.1) is 76.1 Å². The van der Waals surface area contributed by atoms with Gasteiger partial charge in [-0.1, -0.05) is 60.7 Å². The summed E-state index contributed by atoms with van der Waals surface area (Å²) in [5.41, 5.74) is 22.4. The maximum Gasteiger partial charge on any atom is 0.264 e. The maximum atomic E-state index is 4.76. The first-order chi connectivity index (χ1) is 37.8. The van der Waals surface area contributed by atoms with Crippen molar-refractivity contribution in [2.45, 2.75) is 0 Å². The normalized spacial score (nSPS) is 13.6. The molecule has 0 spiro atoms. The Kier molecular flexibility index (Phi) is 8.67. The molecule has 352 valence electrons. The minimum absolute atomic E-state index is 0.0903. The molecule has 7 aromatic heterocycles. The molecule has 11 heterocycles. The molecule has 13 aromatic rings. The molecule has 0 aliphatic carbocycles. The lowest BCUT2D eigenvalue weighted by molar-refractivity contribution is 1.14. The topological polar surface area (TPSA) is 82.3 Å². The largest absolute Gasteiger partial charge is 0.310 e. The van der Waals surface area contributed by atoms with Crippen molar-refractivity contribution < 1.29 is 0 Å². The number of anilines is 12. The van der Waals surface area contributed by atoms with Crippen LogP contribution < -0.4 is 51.7 Å². The van der Waals surface area contributed by atoms with E-state index < -0.39 is 0 Å². The molecule has 0 saturated carbocycles. The van der Waals surface area contributed by atoms with E-state index in [9.17, 15) is 0 Å². The highest BCUT2D eigenvalue weighted by molar-refractivity contribution is 7.33. The number of pyridine rings is 5. The third-order valence-corrected chi connectivity index (χ3v) is 17.1. The fraction of sp³-hybridized carbons (Fsp3) is 0. The summed E-state index contributed by atoms with van der Waals surface area (Å²) in [5, 5.41) is 3.56. The highest BCUT2D eigenvalue weighted by Crippen LogP contribution is 2.50. The van der Waals surface area contributed by atoms with Gasteiger partial charge in [-0.15, -0.1) is 11.3 Å². The number of benzene rings is 6. The summed E-state index contributed by atoms with van der Waals surface area (Å²) >= 11 is 1.90. The highest BCUT2D eigenvalue weighted by Gasteiger charge is 2.47. The van der Waals surface area contributed by atoms with E-state index in [-0.39, 0.29) is 13.4 Å². The molecule has 0 radical (unpaired) electrons. The average molecular weight is 989 g/mol. The molecule has 17 rings (SSSR count). The second-order valence-corrected chi connectivity index (χ2v) is 20.8. The lowest BCUT2D eigenvalue weighted by Gasteiger charge is -2.43. The van der Waals surface area contributed by atoms with E-state index >= 15 is 0 Å². The number of aromatic nitrogens is 6. The Bertz CT molecular complexity index is 4520. The highest BCUT2D eigenvalue weighted by atomic mass is 32.1. The van der Waals surface area contributed by atoms with E-state index in [1.54, 1.807) is 0 Å². The molecule has 4 aliphatic rings. The van der Waals surface area contributed by atoms with Crippen LogP contribution >= 0.6 is 11.3 Å². The number of fused-ring (bicyclic) bond motifs is 13. The Balaban J connectivity index is 0.998. The van der Waals surface area contributed by atoms with Crippen molar-refractivity contribution in [2.24, 2.45) is 0 Å². The Labute approximate surface area is 441 Å². The number of rotatable bonds is 5. The maximum absolute atomic E-state index is 4.76. The molecule has 0 amide bonds. The third kappa shape index (κ3) is 5.69. The van der Waals surface area contributed by atoms with Gasteiger partial charge in [-0.3, -0.25) is 24.9 Å². The van der Waals surface area contributed by atoms with Gasteiger partial charge >= 0.3 is 0 Å². The van der Waals surface area contributed by atoms with Gasteiger partial charge < -0.3 is 24.2 Å². The summed E-state index contributed by atoms with van der Waals surface area (Å²) < 4.78 is 4.98. The van der Waals surface area contributed by atoms with E-state index in [0.29, 0.717) is 0 Å². The van der Waals surface area contributed by atoms with Crippen LogP contribution in [-0.2, 0) is 0 Å². The van der Waals surface area contributed by atoms with Crippen LogP contribution in [0.5, 0.6) is 0 Å². The summed E-state index contributed by atoms with van der Waals surface area (Å²) in [4.78, 5) is 33.2. The Morgan fingerprint density at radius 3 is 1.30 bits per heavy atom. The Morgan fingerprint density at radius 1 is 0.329 bits per heavy atom. The van der Waals surface area contributed by atoms with Gasteiger partial charge in [-0.2, -0.15) is 0 Å². The van der Waals surface area contributed by atoms with Gasteiger partial charge in [-0.05, 0) is 137 Å². The van der Waals surface area contributed by atoms with Crippen molar-refractivity contribution in [1.82, 2.24) is 29.5 Å². The number of hydrogen-bond donors (Lipinski definition) is 0. The molecule has 0 unspecified atom stereocenters. The van der Waals surface area contributed by atoms with Crippen LogP contribution in [0.4, 0.5) is 68.2 Å². The second kappa shape index (κ2) is 15.8. The van der Waals surface area contributed by atoms with Crippen LogP contribution in [0.15, 0.2) is 232 Å². The summed E-state index contributed by atoms with van der Waals surface area (Å²) in [5.74, 6) is 0. The summed E-state index contributed by atoms with van der Waals surface area (Å²) in [6.07, 6.45) is 19.2. The first-order valence-corrected chi connectivity index (χ1v) is 26.3. The minimum atomic E-state index is -0.0921. The lowest BCUT2D eigenvalue weighted by Crippen LogP contribution is -2.61. The van der Waals surface area contributed by atoms with Gasteiger partial charge in [0.25, 0.3) is 13.4 Å². The molecule has 0 N–H and O–H groups in total. The average Bonchev–Trinajstić information content (AvgIpc) is 4.12. The van der Waals surface area contributed by atoms with Crippen molar-refractivity contribution >= 4 is 157 Å². The van der Waals surface area contributed by atoms with Gasteiger partial charge in [-0.25, -0.2) is 0 Å². The molecule has 10 nitrogen and oxygen atoms in total. The zero-order valence-corrected chi connectivity index (χ0v) is 41.3. The second-order valence-electron chi connectivity index (χ2n) is 19.7. The zero-order chi connectivity index (χ0) is 49.6. The van der Waals surface area contributed by atoms with Gasteiger partial charge in [0.1, 0.15) is 0 Å². The molecule has 6 aromatic carbocycles. The van der Waals surface area contributed by atoms with Crippen molar-refractivity contribution in [3.8, 4) is 5.69 Å². The fourth-order valence-electron chi connectivity index (χ4n) is 13.1. The molecule has 4 aliphatic heterocycles. The van der Waals surface area contributed by atoms with Crippen molar-refractivity contribution in [1.29, 1.82) is 0 Å². The smallest absolute Gasteiger partial charge is 0.264 e. The van der Waals surface area contributed by atoms with Crippen molar-refractivity contribution in [3.05, 3.63) is 232 Å². The number of para-hydroxylation sites is 1. The molecule has 0 saturated heterocycles. The Hall–Kier alpha value is -9.84. The molecular weight excluding hydrogens is 950 g/mol. The van der Waals surface area contributed by atoms with Crippen molar-refractivity contribution in [2.75, 3.05) is 19.6 Å². The van der Waals surface area contributed by atoms with Gasteiger partial charge in [0.15, 0.2) is 0 Å². The number of hydrogen-bond acceptors (Lipinski definition) is 10. The molecule has 0 atom stereocenters. The Morgan fingerprint density at radius 2 is 0.763 bits per heavy atom. The molecule has 0 fully saturated rings. The molecule has 0 bridgehead atoms. The molecular formula is C63H38B2N10S. The predicted molar refractivity (Wildman–Crippen MR) is 313 cm³/mol. The van der Waals surface area contributed by atoms with Crippen LogP contribution in [0.1, 0.15) is 0 Å². The van der Waals surface area contributed by atoms with E-state index in [0.717, 1.165) is 90.1 Å². The summed E-state index contributed by atoms with van der Waals surface area (Å²) in [7, 11) is 0. The van der Waals surface area contributed by atoms with Crippen LogP contribution in [-0.4, -0.2) is 42.9 Å². The first kappa shape index (κ1) is 41.6. The lowest BCUT2D eigenvalue weighted by atomic mass is 9.33. The van der Waals surface area contributed by atoms with Crippen molar-refractivity contribution in [3.63, 3.8) is 0 Å². The first-order valence-electron chi connectivity index (χ1n) is 25.5. The predicted octanol–water partition coefficient (Wildman–Crippen LogP) is 11.1. The van der Waals surface area contributed by atoms with Crippen LogP contribution in [0.2, 0.25) is 0 Å². The van der Waals surface area contributed by atoms with Crippen LogP contribution in [0.3, 0.4) is 0 Å². The molecule has 76 heavy (non-hydrogen) atoms. The minimum Gasteiger partial charge on any atom is -0.310 e. The fourth-order valence-corrected chi connectivity index (χ4v) is 14.4. The van der Waals surface area contributed by atoms with Crippen LogP contribution in [0.25, 0.3) is 37.6 Å². The van der Waals surface area contributed by atoms with E-state index in [4.69, 9.17) is 15.0 Å². The van der Waals surface area contributed by atoms with E-state index in [1.165, 1.54) is 47.9 Å². The quantitative estimate of drug-likeness (QED) is 0.157. The number of nitrogens with zero attached hydrogens (tertiary/aromatic N) is 10. The molecule has 13 heteroatoms. The monoisotopic (exact) mass is 988 g/mol. The standard InChI is InChI=1S/C63H38B2N10S/c1-4-24-59-44(17-1)62-63(76-59)65-49-31-46-45-30-48-57(72(40-13-8-26-67-35-40)52-21-5-20-51-60(52)64(48)47-18-2-3-19-50(47)71(51)39-12-7-25-66-34-39)32-55(45)74(42-15-10-28-69-37-42)56(46)33-58(49)73(41-14-9-27-68-36-41)53-22-6-23-54(61(53)65)75(62)43-16-11-29-70-38-43/h1-38H. The van der Waals surface area contributed by atoms with E-state index in [1.807, 2.05) is 104 Å².